The third-order valence-electron chi connectivity index (χ3n) is 5.96. The number of carbonyl (C=O) groups excluding carboxylic acids is 1. The summed E-state index contributed by atoms with van der Waals surface area (Å²) in [4.78, 5) is 25.9. The molecule has 1 aromatic heterocycles. The van der Waals surface area contributed by atoms with Crippen molar-refractivity contribution in [3.63, 3.8) is 0 Å². The predicted molar refractivity (Wildman–Crippen MR) is 123 cm³/mol. The van der Waals surface area contributed by atoms with E-state index in [0.717, 1.165) is 0 Å². The first-order chi connectivity index (χ1) is 16.4. The molecular formula is C26H20O8. The average Bonchev–Trinajstić information content (AvgIpc) is 2.83. The molecule has 2 heterocycles. The minimum absolute atomic E-state index is 0.0279. The highest BCUT2D eigenvalue weighted by molar-refractivity contribution is 5.94. The van der Waals surface area contributed by atoms with Crippen LogP contribution < -0.4 is 19.6 Å². The van der Waals surface area contributed by atoms with Crippen LogP contribution in [0.3, 0.4) is 0 Å². The monoisotopic (exact) mass is 460 g/mol. The van der Waals surface area contributed by atoms with Gasteiger partial charge in [0, 0.05) is 23.1 Å². The molecule has 1 aliphatic rings. The molecule has 8 nitrogen and oxygen atoms in total. The van der Waals surface area contributed by atoms with Gasteiger partial charge in [0.05, 0.1) is 26.2 Å². The highest BCUT2D eigenvalue weighted by Gasteiger charge is 2.35. The first kappa shape index (κ1) is 21.4. The lowest BCUT2D eigenvalue weighted by Crippen LogP contribution is -2.22. The minimum Gasteiger partial charge on any atom is -0.508 e. The van der Waals surface area contributed by atoms with Gasteiger partial charge in [-0.2, -0.15) is 0 Å². The SMILES string of the molecule is COc1ccc(OC)c(C2CC(=O)Oc3cc(O)c4c(=O)c(-c5ccc(O)cc5)coc4c32)c1. The summed E-state index contributed by atoms with van der Waals surface area (Å²) in [6.45, 7) is 0. The maximum atomic E-state index is 13.4. The van der Waals surface area contributed by atoms with Gasteiger partial charge in [-0.1, -0.05) is 12.1 Å². The van der Waals surface area contributed by atoms with Crippen molar-refractivity contribution in [2.45, 2.75) is 12.3 Å². The van der Waals surface area contributed by atoms with Gasteiger partial charge in [-0.05, 0) is 35.9 Å². The van der Waals surface area contributed by atoms with Crippen molar-refractivity contribution in [3.05, 3.63) is 76.1 Å². The van der Waals surface area contributed by atoms with Crippen molar-refractivity contribution >= 4 is 16.9 Å². The lowest BCUT2D eigenvalue weighted by Gasteiger charge is -2.27. The van der Waals surface area contributed by atoms with E-state index in [-0.39, 0.29) is 40.2 Å². The number of ether oxygens (including phenoxy) is 3. The smallest absolute Gasteiger partial charge is 0.312 e. The number of carbonyl (C=O) groups is 1. The van der Waals surface area contributed by atoms with Gasteiger partial charge in [0.25, 0.3) is 0 Å². The molecule has 0 aliphatic carbocycles. The number of hydrogen-bond acceptors (Lipinski definition) is 8. The summed E-state index contributed by atoms with van der Waals surface area (Å²) < 4.78 is 22.2. The van der Waals surface area contributed by atoms with E-state index in [9.17, 15) is 19.8 Å². The Kier molecular flexibility index (Phi) is 5.13. The van der Waals surface area contributed by atoms with Gasteiger partial charge < -0.3 is 28.8 Å². The molecule has 0 saturated heterocycles. The zero-order valence-electron chi connectivity index (χ0n) is 18.3. The fourth-order valence-electron chi connectivity index (χ4n) is 4.35. The number of fused-ring (bicyclic) bond motifs is 3. The zero-order valence-corrected chi connectivity index (χ0v) is 18.3. The molecule has 0 amide bonds. The summed E-state index contributed by atoms with van der Waals surface area (Å²) in [7, 11) is 3.05. The van der Waals surface area contributed by atoms with Crippen LogP contribution in [0.4, 0.5) is 0 Å². The van der Waals surface area contributed by atoms with Gasteiger partial charge in [0.2, 0.25) is 5.43 Å². The lowest BCUT2D eigenvalue weighted by atomic mass is 9.84. The van der Waals surface area contributed by atoms with Crippen LogP contribution in [0.15, 0.2) is 64.0 Å². The van der Waals surface area contributed by atoms with Crippen LogP contribution >= 0.6 is 0 Å². The Bertz CT molecular complexity index is 1480. The first-order valence-electron chi connectivity index (χ1n) is 10.4. The van der Waals surface area contributed by atoms with Gasteiger partial charge in [0.15, 0.2) is 0 Å². The number of benzene rings is 3. The molecule has 34 heavy (non-hydrogen) atoms. The van der Waals surface area contributed by atoms with Crippen molar-refractivity contribution in [2.75, 3.05) is 14.2 Å². The second-order valence-corrected chi connectivity index (χ2v) is 7.88. The van der Waals surface area contributed by atoms with E-state index < -0.39 is 17.3 Å². The first-order valence-corrected chi connectivity index (χ1v) is 10.4. The van der Waals surface area contributed by atoms with E-state index >= 15 is 0 Å². The van der Waals surface area contributed by atoms with E-state index in [1.165, 1.54) is 38.7 Å². The summed E-state index contributed by atoms with van der Waals surface area (Å²) in [5.41, 5.74) is 1.49. The van der Waals surface area contributed by atoms with Crippen molar-refractivity contribution < 1.29 is 33.6 Å². The number of phenols is 2. The molecule has 0 spiro atoms. The Balaban J connectivity index is 1.79. The van der Waals surface area contributed by atoms with Gasteiger partial charge >= 0.3 is 5.97 Å². The highest BCUT2D eigenvalue weighted by Crippen LogP contribution is 2.48. The highest BCUT2D eigenvalue weighted by atomic mass is 16.5. The molecule has 0 fully saturated rings. The van der Waals surface area contributed by atoms with Crippen LogP contribution in [0.5, 0.6) is 28.7 Å². The zero-order chi connectivity index (χ0) is 24.0. The Morgan fingerprint density at radius 1 is 0.971 bits per heavy atom. The summed E-state index contributed by atoms with van der Waals surface area (Å²) in [6.07, 6.45) is 1.27. The molecule has 1 atom stereocenters. The molecule has 8 heteroatoms. The third-order valence-corrected chi connectivity index (χ3v) is 5.96. The summed E-state index contributed by atoms with van der Waals surface area (Å²) in [5.74, 6) is -0.184. The number of aromatic hydroxyl groups is 2. The van der Waals surface area contributed by atoms with Crippen molar-refractivity contribution in [1.82, 2.24) is 0 Å². The molecule has 1 unspecified atom stereocenters. The molecule has 4 aromatic rings. The number of esters is 1. The van der Waals surface area contributed by atoms with E-state index in [1.54, 1.807) is 30.3 Å². The van der Waals surface area contributed by atoms with Gasteiger partial charge in [-0.15, -0.1) is 0 Å². The second-order valence-electron chi connectivity index (χ2n) is 7.88. The molecule has 0 radical (unpaired) electrons. The average molecular weight is 460 g/mol. The van der Waals surface area contributed by atoms with Crippen LogP contribution in [-0.4, -0.2) is 30.4 Å². The van der Waals surface area contributed by atoms with E-state index in [0.29, 0.717) is 28.2 Å². The van der Waals surface area contributed by atoms with E-state index in [1.807, 2.05) is 0 Å². The van der Waals surface area contributed by atoms with E-state index in [4.69, 9.17) is 18.6 Å². The fraction of sp³-hybridized carbons (Fsp3) is 0.154. The van der Waals surface area contributed by atoms with Crippen LogP contribution in [-0.2, 0) is 4.79 Å². The fourth-order valence-corrected chi connectivity index (χ4v) is 4.35. The molecule has 3 aromatic carbocycles. The Morgan fingerprint density at radius 2 is 1.74 bits per heavy atom. The van der Waals surface area contributed by atoms with Crippen LogP contribution in [0.2, 0.25) is 0 Å². The largest absolute Gasteiger partial charge is 0.508 e. The third kappa shape index (κ3) is 3.40. The number of phenolic OH excluding ortho intramolecular Hbond substituents is 2. The predicted octanol–water partition coefficient (Wildman–Crippen LogP) is 4.33. The van der Waals surface area contributed by atoms with Crippen LogP contribution in [0.25, 0.3) is 22.1 Å². The number of hydrogen-bond donors (Lipinski definition) is 2. The Morgan fingerprint density at radius 3 is 2.44 bits per heavy atom. The summed E-state index contributed by atoms with van der Waals surface area (Å²) in [5, 5.41) is 20.2. The summed E-state index contributed by atoms with van der Waals surface area (Å²) >= 11 is 0. The molecule has 0 saturated carbocycles. The van der Waals surface area contributed by atoms with Crippen LogP contribution in [0, 0.1) is 0 Å². The van der Waals surface area contributed by atoms with Gasteiger partial charge in [-0.25, -0.2) is 0 Å². The maximum Gasteiger partial charge on any atom is 0.312 e. The Labute approximate surface area is 193 Å². The quantitative estimate of drug-likeness (QED) is 0.342. The maximum absolute atomic E-state index is 13.4. The van der Waals surface area contributed by atoms with Gasteiger partial charge in [-0.3, -0.25) is 9.59 Å². The standard InChI is InChI=1S/C26H20O8/c1-31-15-7-8-20(32-2)16(9-15)17-10-22(29)34-21-11-19(28)24-25(30)18(12-33-26(24)23(17)21)13-3-5-14(27)6-4-13/h3-9,11-12,17,27-28H,10H2,1-2H3. The molecule has 172 valence electrons. The lowest BCUT2D eigenvalue weighted by molar-refractivity contribution is -0.135. The molecule has 2 N–H and O–H groups in total. The molecule has 5 rings (SSSR count). The second kappa shape index (κ2) is 8.15. The van der Waals surface area contributed by atoms with E-state index in [2.05, 4.69) is 0 Å². The normalized spacial score (nSPS) is 15.0. The Hall–Kier alpha value is -4.46. The number of rotatable bonds is 4. The van der Waals surface area contributed by atoms with Crippen molar-refractivity contribution in [2.24, 2.45) is 0 Å². The van der Waals surface area contributed by atoms with Crippen molar-refractivity contribution in [1.29, 1.82) is 0 Å². The molecule has 0 bridgehead atoms. The molecule has 1 aliphatic heterocycles. The topological polar surface area (TPSA) is 115 Å². The summed E-state index contributed by atoms with van der Waals surface area (Å²) in [6, 6.07) is 12.5. The molecular weight excluding hydrogens is 440 g/mol. The van der Waals surface area contributed by atoms with Crippen LogP contribution in [0.1, 0.15) is 23.5 Å². The van der Waals surface area contributed by atoms with Crippen molar-refractivity contribution in [3.8, 4) is 39.9 Å². The minimum atomic E-state index is -0.577. The number of methoxy groups -OCH3 is 2. The van der Waals surface area contributed by atoms with Gasteiger partial charge in [0.1, 0.15) is 46.0 Å².